The van der Waals surface area contributed by atoms with Crippen LogP contribution in [0.5, 0.6) is 0 Å². The number of nitrogens with one attached hydrogen (secondary N) is 1. The van der Waals surface area contributed by atoms with E-state index in [-0.39, 0.29) is 11.9 Å². The molecule has 1 aliphatic heterocycles. The third-order valence-corrected chi connectivity index (χ3v) is 5.28. The molecule has 0 radical (unpaired) electrons. The molecule has 3 heterocycles. The number of likely N-dealkylation sites (tertiary alicyclic amines) is 1. The third kappa shape index (κ3) is 2.71. The van der Waals surface area contributed by atoms with Crippen LogP contribution in [0.15, 0.2) is 24.3 Å². The van der Waals surface area contributed by atoms with Gasteiger partial charge in [0.1, 0.15) is 5.82 Å². The van der Waals surface area contributed by atoms with E-state index in [2.05, 4.69) is 10.1 Å². The summed E-state index contributed by atoms with van der Waals surface area (Å²) in [5, 5.41) is 4.42. The minimum atomic E-state index is 0.0391. The summed E-state index contributed by atoms with van der Waals surface area (Å²) in [7, 11) is 1.92. The SMILES string of the molecule is Cc1nn(C)c(C)c1CC(=O)N1CCCC1c1nc2ccccc2[nH]1. The second-order valence-corrected chi connectivity index (χ2v) is 6.83. The van der Waals surface area contributed by atoms with Crippen molar-refractivity contribution < 1.29 is 4.79 Å². The first-order valence-corrected chi connectivity index (χ1v) is 8.78. The van der Waals surface area contributed by atoms with Crippen LogP contribution in [0.1, 0.15) is 41.7 Å². The van der Waals surface area contributed by atoms with E-state index < -0.39 is 0 Å². The molecule has 4 rings (SSSR count). The number of hydrogen-bond acceptors (Lipinski definition) is 3. The van der Waals surface area contributed by atoms with Crippen LogP contribution in [0.3, 0.4) is 0 Å². The average molecular weight is 337 g/mol. The molecule has 130 valence electrons. The summed E-state index contributed by atoms with van der Waals surface area (Å²) in [5.41, 5.74) is 5.02. The van der Waals surface area contributed by atoms with Crippen LogP contribution in [-0.4, -0.2) is 37.1 Å². The number of rotatable bonds is 3. The largest absolute Gasteiger partial charge is 0.340 e. The number of H-pyrrole nitrogens is 1. The van der Waals surface area contributed by atoms with E-state index in [0.717, 1.165) is 53.2 Å². The van der Waals surface area contributed by atoms with Gasteiger partial charge in [0.15, 0.2) is 0 Å². The number of carbonyl (C=O) groups is 1. The highest BCUT2D eigenvalue weighted by Gasteiger charge is 2.32. The fraction of sp³-hybridized carbons (Fsp3) is 0.421. The molecule has 0 bridgehead atoms. The molecule has 2 aromatic heterocycles. The molecular formula is C19H23N5O. The van der Waals surface area contributed by atoms with E-state index in [0.29, 0.717) is 6.42 Å². The number of aromatic nitrogens is 4. The number of amides is 1. The van der Waals surface area contributed by atoms with E-state index in [1.807, 2.05) is 54.7 Å². The number of aryl methyl sites for hydroxylation is 2. The van der Waals surface area contributed by atoms with Gasteiger partial charge in [-0.15, -0.1) is 0 Å². The first-order chi connectivity index (χ1) is 12.0. The molecule has 1 aliphatic rings. The predicted octanol–water partition coefficient (Wildman–Crippen LogP) is 2.82. The summed E-state index contributed by atoms with van der Waals surface area (Å²) >= 11 is 0. The number of carbonyl (C=O) groups excluding carboxylic acids is 1. The number of hydrogen-bond donors (Lipinski definition) is 1. The minimum Gasteiger partial charge on any atom is -0.340 e. The number of para-hydroxylation sites is 2. The Labute approximate surface area is 146 Å². The Balaban J connectivity index is 1.59. The van der Waals surface area contributed by atoms with Gasteiger partial charge in [-0.3, -0.25) is 9.48 Å². The third-order valence-electron chi connectivity index (χ3n) is 5.28. The van der Waals surface area contributed by atoms with Crippen molar-refractivity contribution in [2.45, 2.75) is 39.2 Å². The molecule has 6 nitrogen and oxygen atoms in total. The monoisotopic (exact) mass is 337 g/mol. The number of fused-ring (bicyclic) bond motifs is 1. The smallest absolute Gasteiger partial charge is 0.227 e. The number of imidazole rings is 1. The predicted molar refractivity (Wildman–Crippen MR) is 96.2 cm³/mol. The molecule has 1 atom stereocenters. The van der Waals surface area contributed by atoms with Gasteiger partial charge in [0.25, 0.3) is 0 Å². The molecular weight excluding hydrogens is 314 g/mol. The van der Waals surface area contributed by atoms with Gasteiger partial charge in [-0.1, -0.05) is 12.1 Å². The van der Waals surface area contributed by atoms with Gasteiger partial charge in [-0.2, -0.15) is 5.10 Å². The van der Waals surface area contributed by atoms with Crippen molar-refractivity contribution in [1.29, 1.82) is 0 Å². The Morgan fingerprint density at radius 1 is 1.32 bits per heavy atom. The highest BCUT2D eigenvalue weighted by Crippen LogP contribution is 2.32. The van der Waals surface area contributed by atoms with Crippen molar-refractivity contribution >= 4 is 16.9 Å². The van der Waals surface area contributed by atoms with Gasteiger partial charge in [-0.25, -0.2) is 4.98 Å². The lowest BCUT2D eigenvalue weighted by Crippen LogP contribution is -2.32. The molecule has 25 heavy (non-hydrogen) atoms. The Morgan fingerprint density at radius 2 is 2.12 bits per heavy atom. The molecule has 0 spiro atoms. The zero-order valence-corrected chi connectivity index (χ0v) is 14.9. The molecule has 1 unspecified atom stereocenters. The van der Waals surface area contributed by atoms with E-state index in [1.54, 1.807) is 0 Å². The first-order valence-electron chi connectivity index (χ1n) is 8.78. The van der Waals surface area contributed by atoms with Gasteiger partial charge in [0.2, 0.25) is 5.91 Å². The van der Waals surface area contributed by atoms with Crippen LogP contribution in [0.2, 0.25) is 0 Å². The normalized spacial score (nSPS) is 17.6. The lowest BCUT2D eigenvalue weighted by molar-refractivity contribution is -0.131. The van der Waals surface area contributed by atoms with Crippen molar-refractivity contribution in [3.8, 4) is 0 Å². The van der Waals surface area contributed by atoms with Crippen LogP contribution < -0.4 is 0 Å². The quantitative estimate of drug-likeness (QED) is 0.799. The van der Waals surface area contributed by atoms with Crippen LogP contribution >= 0.6 is 0 Å². The molecule has 1 N–H and O–H groups in total. The maximum atomic E-state index is 13.0. The Kier molecular flexibility index (Phi) is 3.82. The Morgan fingerprint density at radius 3 is 2.84 bits per heavy atom. The van der Waals surface area contributed by atoms with Gasteiger partial charge in [-0.05, 0) is 38.8 Å². The molecule has 6 heteroatoms. The maximum Gasteiger partial charge on any atom is 0.227 e. The summed E-state index contributed by atoms with van der Waals surface area (Å²) in [4.78, 5) is 23.0. The first kappa shape index (κ1) is 15.9. The van der Waals surface area contributed by atoms with Crippen molar-refractivity contribution in [2.75, 3.05) is 6.54 Å². The highest BCUT2D eigenvalue weighted by atomic mass is 16.2. The van der Waals surface area contributed by atoms with Crippen LogP contribution in [0.4, 0.5) is 0 Å². The molecule has 0 saturated carbocycles. The van der Waals surface area contributed by atoms with Gasteiger partial charge in [0.05, 0.1) is 29.2 Å². The lowest BCUT2D eigenvalue weighted by atomic mass is 10.1. The summed E-state index contributed by atoms with van der Waals surface area (Å²) in [6.07, 6.45) is 2.37. The van der Waals surface area contributed by atoms with Gasteiger partial charge >= 0.3 is 0 Å². The van der Waals surface area contributed by atoms with E-state index in [4.69, 9.17) is 4.98 Å². The van der Waals surface area contributed by atoms with E-state index in [9.17, 15) is 4.79 Å². The number of aromatic amines is 1. The topological polar surface area (TPSA) is 66.8 Å². The maximum absolute atomic E-state index is 13.0. The zero-order chi connectivity index (χ0) is 17.6. The number of benzene rings is 1. The summed E-state index contributed by atoms with van der Waals surface area (Å²) in [6, 6.07) is 8.04. The molecule has 1 saturated heterocycles. The summed E-state index contributed by atoms with van der Waals surface area (Å²) < 4.78 is 1.85. The standard InChI is InChI=1S/C19H23N5O/c1-12-14(13(2)23(3)22-12)11-18(25)24-10-6-9-17(24)19-20-15-7-4-5-8-16(15)21-19/h4-5,7-8,17H,6,9-11H2,1-3H3,(H,20,21). The zero-order valence-electron chi connectivity index (χ0n) is 14.9. The fourth-order valence-electron chi connectivity index (χ4n) is 3.81. The Hall–Kier alpha value is -2.63. The molecule has 1 amide bonds. The second-order valence-electron chi connectivity index (χ2n) is 6.83. The second kappa shape index (κ2) is 6.02. The number of nitrogens with zero attached hydrogens (tertiary/aromatic N) is 4. The van der Waals surface area contributed by atoms with E-state index in [1.165, 1.54) is 0 Å². The summed E-state index contributed by atoms with van der Waals surface area (Å²) in [5.74, 6) is 1.05. The Bertz CT molecular complexity index is 906. The molecule has 1 aromatic carbocycles. The van der Waals surface area contributed by atoms with Crippen LogP contribution in [0, 0.1) is 13.8 Å². The van der Waals surface area contributed by atoms with Crippen molar-refractivity contribution in [3.05, 3.63) is 47.0 Å². The minimum absolute atomic E-state index is 0.0391. The molecule has 1 fully saturated rings. The average Bonchev–Trinajstić information content (AvgIpc) is 3.28. The highest BCUT2D eigenvalue weighted by molar-refractivity contribution is 5.80. The van der Waals surface area contributed by atoms with Crippen LogP contribution in [-0.2, 0) is 18.3 Å². The fourth-order valence-corrected chi connectivity index (χ4v) is 3.81. The lowest BCUT2D eigenvalue weighted by Gasteiger charge is -2.23. The van der Waals surface area contributed by atoms with Crippen LogP contribution in [0.25, 0.3) is 11.0 Å². The van der Waals surface area contributed by atoms with Gasteiger partial charge < -0.3 is 9.88 Å². The van der Waals surface area contributed by atoms with E-state index >= 15 is 0 Å². The van der Waals surface area contributed by atoms with Crippen molar-refractivity contribution in [1.82, 2.24) is 24.6 Å². The molecule has 0 aliphatic carbocycles. The van der Waals surface area contributed by atoms with Crippen molar-refractivity contribution in [3.63, 3.8) is 0 Å². The van der Waals surface area contributed by atoms with Gasteiger partial charge in [0, 0.05) is 24.8 Å². The summed E-state index contributed by atoms with van der Waals surface area (Å²) in [6.45, 7) is 4.78. The van der Waals surface area contributed by atoms with Crippen molar-refractivity contribution in [2.24, 2.45) is 7.05 Å². The molecule has 3 aromatic rings.